The molecular weight excluding hydrogens is 218 g/mol. The zero-order valence-corrected chi connectivity index (χ0v) is 9.45. The molecule has 1 N–H and O–H groups in total. The van der Waals surface area contributed by atoms with Crippen LogP contribution in [0.25, 0.3) is 0 Å². The van der Waals surface area contributed by atoms with E-state index in [0.717, 1.165) is 10.8 Å². The topological polar surface area (TPSA) is 54.9 Å². The van der Waals surface area contributed by atoms with E-state index in [9.17, 15) is 4.79 Å². The van der Waals surface area contributed by atoms with Gasteiger partial charge in [0.15, 0.2) is 0 Å². The lowest BCUT2D eigenvalue weighted by Crippen LogP contribution is -2.13. The number of hydrogen-bond donors (Lipinski definition) is 1. The van der Waals surface area contributed by atoms with Gasteiger partial charge in [-0.1, -0.05) is 17.4 Å². The Balaban J connectivity index is 2.30. The zero-order valence-electron chi connectivity index (χ0n) is 7.82. The lowest BCUT2D eigenvalue weighted by Gasteiger charge is -1.98. The van der Waals surface area contributed by atoms with E-state index in [1.807, 2.05) is 6.92 Å². The van der Waals surface area contributed by atoms with Crippen molar-refractivity contribution in [3.8, 4) is 0 Å². The molecule has 1 heterocycles. The predicted octanol–water partition coefficient (Wildman–Crippen LogP) is 1.70. The third-order valence-electron chi connectivity index (χ3n) is 1.24. The number of aryl methyl sites for hydroxylation is 1. The summed E-state index contributed by atoms with van der Waals surface area (Å²) in [4.78, 5) is 11.3. The summed E-state index contributed by atoms with van der Waals surface area (Å²) in [5, 5.41) is 11.7. The average molecular weight is 229 g/mol. The van der Waals surface area contributed by atoms with Crippen molar-refractivity contribution in [1.29, 1.82) is 0 Å². The highest BCUT2D eigenvalue weighted by molar-refractivity contribution is 8.00. The fourth-order valence-electron chi connectivity index (χ4n) is 0.737. The first-order chi connectivity index (χ1) is 6.72. The number of hydrogen-bond acceptors (Lipinski definition) is 5. The van der Waals surface area contributed by atoms with Gasteiger partial charge in [-0.2, -0.15) is 0 Å². The van der Waals surface area contributed by atoms with Gasteiger partial charge in [0, 0.05) is 5.75 Å². The highest BCUT2D eigenvalue weighted by Crippen LogP contribution is 2.13. The molecule has 0 unspecified atom stereocenters. The van der Waals surface area contributed by atoms with Gasteiger partial charge in [0.2, 0.25) is 11.0 Å². The molecule has 0 radical (unpaired) electrons. The molecule has 0 spiro atoms. The van der Waals surface area contributed by atoms with E-state index in [2.05, 4.69) is 22.1 Å². The van der Waals surface area contributed by atoms with E-state index < -0.39 is 0 Å². The van der Waals surface area contributed by atoms with Gasteiger partial charge in [0.05, 0.1) is 5.75 Å². The Morgan fingerprint density at radius 1 is 1.71 bits per heavy atom. The second-order valence-electron chi connectivity index (χ2n) is 2.48. The summed E-state index contributed by atoms with van der Waals surface area (Å²) < 4.78 is 0. The summed E-state index contributed by atoms with van der Waals surface area (Å²) in [5.74, 6) is 1.15. The second-order valence-corrected chi connectivity index (χ2v) is 4.69. The minimum absolute atomic E-state index is 0.0481. The monoisotopic (exact) mass is 229 g/mol. The van der Waals surface area contributed by atoms with Crippen molar-refractivity contribution in [3.63, 3.8) is 0 Å². The highest BCUT2D eigenvalue weighted by atomic mass is 32.2. The molecular formula is C8H11N3OS2. The minimum Gasteiger partial charge on any atom is -0.300 e. The van der Waals surface area contributed by atoms with Crippen LogP contribution < -0.4 is 5.32 Å². The first-order valence-corrected chi connectivity index (χ1v) is 5.98. The number of anilines is 1. The van der Waals surface area contributed by atoms with Crippen molar-refractivity contribution < 1.29 is 4.79 Å². The van der Waals surface area contributed by atoms with Crippen LogP contribution in [0.2, 0.25) is 0 Å². The Bertz CT molecular complexity index is 324. The lowest BCUT2D eigenvalue weighted by atomic mass is 10.7. The van der Waals surface area contributed by atoms with Crippen LogP contribution in [0.4, 0.5) is 5.13 Å². The van der Waals surface area contributed by atoms with Crippen LogP contribution in [0.3, 0.4) is 0 Å². The first-order valence-electron chi connectivity index (χ1n) is 4.01. The molecule has 1 aromatic rings. The number of carbonyl (C=O) groups is 1. The van der Waals surface area contributed by atoms with Crippen LogP contribution >= 0.6 is 23.1 Å². The van der Waals surface area contributed by atoms with Crippen molar-refractivity contribution >= 4 is 34.1 Å². The van der Waals surface area contributed by atoms with Gasteiger partial charge >= 0.3 is 0 Å². The summed E-state index contributed by atoms with van der Waals surface area (Å²) in [6, 6.07) is 0. The van der Waals surface area contributed by atoms with E-state index in [1.165, 1.54) is 23.1 Å². The fourth-order valence-corrected chi connectivity index (χ4v) is 1.89. The molecule has 76 valence electrons. The molecule has 0 aliphatic heterocycles. The van der Waals surface area contributed by atoms with Gasteiger partial charge in [-0.15, -0.1) is 28.5 Å². The summed E-state index contributed by atoms with van der Waals surface area (Å²) in [6.07, 6.45) is 1.77. The van der Waals surface area contributed by atoms with Gasteiger partial charge in [-0.3, -0.25) is 10.1 Å². The molecule has 0 fully saturated rings. The molecule has 0 saturated carbocycles. The molecule has 0 bridgehead atoms. The van der Waals surface area contributed by atoms with Crippen LogP contribution in [0.5, 0.6) is 0 Å². The van der Waals surface area contributed by atoms with Gasteiger partial charge < -0.3 is 0 Å². The first kappa shape index (κ1) is 11.2. The summed E-state index contributed by atoms with van der Waals surface area (Å²) in [7, 11) is 0. The van der Waals surface area contributed by atoms with E-state index in [0.29, 0.717) is 10.9 Å². The molecule has 14 heavy (non-hydrogen) atoms. The summed E-state index contributed by atoms with van der Waals surface area (Å²) in [5.41, 5.74) is 0. The largest absolute Gasteiger partial charge is 0.300 e. The Hall–Kier alpha value is -0.880. The van der Waals surface area contributed by atoms with Gasteiger partial charge in [0.25, 0.3) is 0 Å². The van der Waals surface area contributed by atoms with Crippen LogP contribution in [0.1, 0.15) is 5.01 Å². The average Bonchev–Trinajstić information content (AvgIpc) is 2.52. The normalized spacial score (nSPS) is 9.79. The second kappa shape index (κ2) is 5.77. The van der Waals surface area contributed by atoms with Crippen molar-refractivity contribution in [1.82, 2.24) is 10.2 Å². The molecule has 0 atom stereocenters. The number of carbonyl (C=O) groups excluding carboxylic acids is 1. The zero-order chi connectivity index (χ0) is 10.4. The highest BCUT2D eigenvalue weighted by Gasteiger charge is 2.05. The Morgan fingerprint density at radius 2 is 2.50 bits per heavy atom. The molecule has 0 aliphatic carbocycles. The Kier molecular flexibility index (Phi) is 4.61. The summed E-state index contributed by atoms with van der Waals surface area (Å²) >= 11 is 2.89. The Labute approximate surface area is 90.8 Å². The van der Waals surface area contributed by atoms with E-state index in [1.54, 1.807) is 6.08 Å². The number of amides is 1. The third kappa shape index (κ3) is 3.89. The van der Waals surface area contributed by atoms with Crippen molar-refractivity contribution in [2.75, 3.05) is 16.8 Å². The molecule has 6 heteroatoms. The fraction of sp³-hybridized carbons (Fsp3) is 0.375. The standard InChI is InChI=1S/C8H11N3OS2/c1-3-4-13-5-7(12)9-8-11-10-6(2)14-8/h3H,1,4-5H2,2H3,(H,9,11,12). The van der Waals surface area contributed by atoms with Crippen molar-refractivity contribution in [3.05, 3.63) is 17.7 Å². The number of nitrogens with one attached hydrogen (secondary N) is 1. The minimum atomic E-state index is -0.0481. The maximum absolute atomic E-state index is 11.3. The van der Waals surface area contributed by atoms with Crippen molar-refractivity contribution in [2.24, 2.45) is 0 Å². The molecule has 0 aliphatic rings. The Morgan fingerprint density at radius 3 is 3.07 bits per heavy atom. The third-order valence-corrected chi connectivity index (χ3v) is 2.93. The van der Waals surface area contributed by atoms with Crippen LogP contribution in [0, 0.1) is 6.92 Å². The molecule has 1 amide bonds. The lowest BCUT2D eigenvalue weighted by molar-refractivity contribution is -0.113. The molecule has 0 saturated heterocycles. The molecule has 4 nitrogen and oxygen atoms in total. The number of thioether (sulfide) groups is 1. The smallest absolute Gasteiger partial charge is 0.236 e. The number of rotatable bonds is 5. The van der Waals surface area contributed by atoms with Gasteiger partial charge in [-0.05, 0) is 6.92 Å². The number of aromatic nitrogens is 2. The van der Waals surface area contributed by atoms with E-state index in [4.69, 9.17) is 0 Å². The van der Waals surface area contributed by atoms with Gasteiger partial charge in [0.1, 0.15) is 5.01 Å². The summed E-state index contributed by atoms with van der Waals surface area (Å²) in [6.45, 7) is 5.42. The van der Waals surface area contributed by atoms with Gasteiger partial charge in [-0.25, -0.2) is 0 Å². The van der Waals surface area contributed by atoms with E-state index in [-0.39, 0.29) is 5.91 Å². The quantitative estimate of drug-likeness (QED) is 0.617. The molecule has 1 aromatic heterocycles. The maximum Gasteiger partial charge on any atom is 0.236 e. The molecule has 1 rings (SSSR count). The van der Waals surface area contributed by atoms with Crippen LogP contribution in [0.15, 0.2) is 12.7 Å². The van der Waals surface area contributed by atoms with E-state index >= 15 is 0 Å². The van der Waals surface area contributed by atoms with Crippen LogP contribution in [-0.2, 0) is 4.79 Å². The SMILES string of the molecule is C=CCSCC(=O)Nc1nnc(C)s1. The number of nitrogens with zero attached hydrogens (tertiary/aromatic N) is 2. The van der Waals surface area contributed by atoms with Crippen LogP contribution in [-0.4, -0.2) is 27.6 Å². The maximum atomic E-state index is 11.3. The molecule has 0 aromatic carbocycles. The van der Waals surface area contributed by atoms with Crippen molar-refractivity contribution in [2.45, 2.75) is 6.92 Å². The predicted molar refractivity (Wildman–Crippen MR) is 60.8 cm³/mol.